The van der Waals surface area contributed by atoms with Crippen LogP contribution < -0.4 is 4.74 Å². The van der Waals surface area contributed by atoms with Gasteiger partial charge in [-0.3, -0.25) is 0 Å². The first-order valence-corrected chi connectivity index (χ1v) is 4.74. The second kappa shape index (κ2) is 5.12. The van der Waals surface area contributed by atoms with Crippen LogP contribution in [0.3, 0.4) is 0 Å². The molecule has 0 aliphatic rings. The van der Waals surface area contributed by atoms with E-state index in [-0.39, 0.29) is 5.28 Å². The molecule has 5 heteroatoms. The summed E-state index contributed by atoms with van der Waals surface area (Å²) in [5.41, 5.74) is 0.896. The molecule has 1 aromatic rings. The molecule has 0 N–H and O–H groups in total. The minimum atomic E-state index is 0.218. The van der Waals surface area contributed by atoms with Crippen LogP contribution in [0.1, 0.15) is 5.56 Å². The highest BCUT2D eigenvalue weighted by atomic mass is 35.5. The zero-order chi connectivity index (χ0) is 10.6. The maximum atomic E-state index is 5.65. The zero-order valence-electron chi connectivity index (χ0n) is 8.62. The van der Waals surface area contributed by atoms with Gasteiger partial charge in [-0.25, -0.2) is 4.98 Å². The van der Waals surface area contributed by atoms with E-state index in [1.54, 1.807) is 6.20 Å². The Morgan fingerprint density at radius 1 is 1.50 bits per heavy atom. The molecule has 14 heavy (non-hydrogen) atoms. The van der Waals surface area contributed by atoms with Gasteiger partial charge >= 0.3 is 0 Å². The normalized spacial score (nSPS) is 10.6. The SMILES string of the molecule is Cc1cnc(Cl)nc1OCCN(C)C. The maximum Gasteiger partial charge on any atom is 0.225 e. The Bertz CT molecular complexity index is 304. The van der Waals surface area contributed by atoms with Gasteiger partial charge in [0.15, 0.2) is 0 Å². The molecular weight excluding hydrogens is 202 g/mol. The summed E-state index contributed by atoms with van der Waals surface area (Å²) in [6, 6.07) is 0. The summed E-state index contributed by atoms with van der Waals surface area (Å²) in [5, 5.41) is 0.218. The number of likely N-dealkylation sites (N-methyl/N-ethyl adjacent to an activating group) is 1. The van der Waals surface area contributed by atoms with E-state index in [4.69, 9.17) is 16.3 Å². The minimum absolute atomic E-state index is 0.218. The molecule has 1 heterocycles. The third-order valence-corrected chi connectivity index (χ3v) is 1.86. The number of ether oxygens (including phenoxy) is 1. The second-order valence-electron chi connectivity index (χ2n) is 3.28. The van der Waals surface area contributed by atoms with Crippen LogP contribution >= 0.6 is 11.6 Å². The molecule has 0 spiro atoms. The Labute approximate surface area is 88.9 Å². The Morgan fingerprint density at radius 3 is 2.86 bits per heavy atom. The lowest BCUT2D eigenvalue weighted by Gasteiger charge is -2.11. The fourth-order valence-electron chi connectivity index (χ4n) is 0.877. The molecule has 0 saturated heterocycles. The van der Waals surface area contributed by atoms with Crippen molar-refractivity contribution in [3.63, 3.8) is 0 Å². The Balaban J connectivity index is 2.53. The van der Waals surface area contributed by atoms with Gasteiger partial charge in [0.1, 0.15) is 6.61 Å². The van der Waals surface area contributed by atoms with Gasteiger partial charge in [-0.15, -0.1) is 0 Å². The van der Waals surface area contributed by atoms with Crippen molar-refractivity contribution in [3.05, 3.63) is 17.0 Å². The van der Waals surface area contributed by atoms with E-state index in [1.165, 1.54) is 0 Å². The van der Waals surface area contributed by atoms with E-state index >= 15 is 0 Å². The van der Waals surface area contributed by atoms with Gasteiger partial charge in [0, 0.05) is 18.3 Å². The maximum absolute atomic E-state index is 5.65. The molecule has 0 aliphatic carbocycles. The predicted molar refractivity (Wildman–Crippen MR) is 55.8 cm³/mol. The lowest BCUT2D eigenvalue weighted by atomic mass is 10.4. The summed E-state index contributed by atoms with van der Waals surface area (Å²) in [6.45, 7) is 3.34. The zero-order valence-corrected chi connectivity index (χ0v) is 9.38. The third kappa shape index (κ3) is 3.47. The van der Waals surface area contributed by atoms with Gasteiger partial charge < -0.3 is 9.64 Å². The molecule has 0 bridgehead atoms. The highest BCUT2D eigenvalue weighted by Gasteiger charge is 2.03. The van der Waals surface area contributed by atoms with Crippen molar-refractivity contribution in [2.45, 2.75) is 6.92 Å². The van der Waals surface area contributed by atoms with Crippen LogP contribution in [0.2, 0.25) is 5.28 Å². The standard InChI is InChI=1S/C9H14ClN3O/c1-7-6-11-9(10)12-8(7)14-5-4-13(2)3/h6H,4-5H2,1-3H3. The number of nitrogens with zero attached hydrogens (tertiary/aromatic N) is 3. The van der Waals surface area contributed by atoms with Gasteiger partial charge in [0.25, 0.3) is 0 Å². The Morgan fingerprint density at radius 2 is 2.21 bits per heavy atom. The first kappa shape index (κ1) is 11.2. The number of aryl methyl sites for hydroxylation is 1. The van der Waals surface area contributed by atoms with Crippen LogP contribution in [0.4, 0.5) is 0 Å². The number of hydrogen-bond acceptors (Lipinski definition) is 4. The van der Waals surface area contributed by atoms with Gasteiger partial charge in [0.05, 0.1) is 0 Å². The van der Waals surface area contributed by atoms with Gasteiger partial charge in [-0.2, -0.15) is 4.98 Å². The summed E-state index contributed by atoms with van der Waals surface area (Å²) < 4.78 is 5.45. The van der Waals surface area contributed by atoms with Crippen LogP contribution in [0, 0.1) is 6.92 Å². The third-order valence-electron chi connectivity index (χ3n) is 1.67. The van der Waals surface area contributed by atoms with Crippen LogP contribution in [-0.4, -0.2) is 42.1 Å². The summed E-state index contributed by atoms with van der Waals surface area (Å²) in [6.07, 6.45) is 1.65. The highest BCUT2D eigenvalue weighted by molar-refractivity contribution is 6.28. The quantitative estimate of drug-likeness (QED) is 0.712. The molecule has 0 aromatic carbocycles. The van der Waals surface area contributed by atoms with E-state index in [0.717, 1.165) is 12.1 Å². The molecule has 0 saturated carbocycles. The van der Waals surface area contributed by atoms with E-state index in [1.807, 2.05) is 25.9 Å². The fourth-order valence-corrected chi connectivity index (χ4v) is 1.00. The van der Waals surface area contributed by atoms with Crippen molar-refractivity contribution in [1.29, 1.82) is 0 Å². The largest absolute Gasteiger partial charge is 0.476 e. The number of aromatic nitrogens is 2. The molecule has 0 radical (unpaired) electrons. The van der Waals surface area contributed by atoms with Crippen LogP contribution in [-0.2, 0) is 0 Å². The van der Waals surface area contributed by atoms with Crippen LogP contribution in [0.25, 0.3) is 0 Å². The molecule has 0 aliphatic heterocycles. The topological polar surface area (TPSA) is 38.3 Å². The van der Waals surface area contributed by atoms with Gasteiger partial charge in [0.2, 0.25) is 11.2 Å². The molecule has 0 atom stereocenters. The molecular formula is C9H14ClN3O. The molecule has 1 rings (SSSR count). The van der Waals surface area contributed by atoms with Crippen molar-refractivity contribution >= 4 is 11.6 Å². The number of rotatable bonds is 4. The number of halogens is 1. The monoisotopic (exact) mass is 215 g/mol. The van der Waals surface area contributed by atoms with Crippen molar-refractivity contribution in [2.24, 2.45) is 0 Å². The molecule has 78 valence electrons. The molecule has 1 aromatic heterocycles. The summed E-state index contributed by atoms with van der Waals surface area (Å²) >= 11 is 5.65. The molecule has 0 fully saturated rings. The second-order valence-corrected chi connectivity index (χ2v) is 3.62. The minimum Gasteiger partial charge on any atom is -0.476 e. The summed E-state index contributed by atoms with van der Waals surface area (Å²) in [5.74, 6) is 0.562. The predicted octanol–water partition coefficient (Wildman–Crippen LogP) is 1.38. The average Bonchev–Trinajstić information content (AvgIpc) is 2.10. The van der Waals surface area contributed by atoms with Gasteiger partial charge in [-0.1, -0.05) is 0 Å². The van der Waals surface area contributed by atoms with Crippen LogP contribution in [0.5, 0.6) is 5.88 Å². The summed E-state index contributed by atoms with van der Waals surface area (Å²) in [7, 11) is 3.98. The highest BCUT2D eigenvalue weighted by Crippen LogP contribution is 2.14. The van der Waals surface area contributed by atoms with Crippen molar-refractivity contribution in [2.75, 3.05) is 27.2 Å². The van der Waals surface area contributed by atoms with Crippen molar-refractivity contribution in [1.82, 2.24) is 14.9 Å². The lowest BCUT2D eigenvalue weighted by molar-refractivity contribution is 0.252. The van der Waals surface area contributed by atoms with E-state index in [2.05, 4.69) is 9.97 Å². The first-order chi connectivity index (χ1) is 6.59. The first-order valence-electron chi connectivity index (χ1n) is 4.36. The van der Waals surface area contributed by atoms with Gasteiger partial charge in [-0.05, 0) is 32.6 Å². The molecule has 4 nitrogen and oxygen atoms in total. The van der Waals surface area contributed by atoms with E-state index < -0.39 is 0 Å². The Kier molecular flexibility index (Phi) is 4.10. The Hall–Kier alpha value is -0.870. The van der Waals surface area contributed by atoms with Crippen molar-refractivity contribution < 1.29 is 4.74 Å². The smallest absolute Gasteiger partial charge is 0.225 e. The molecule has 0 unspecified atom stereocenters. The van der Waals surface area contributed by atoms with E-state index in [0.29, 0.717) is 12.5 Å². The van der Waals surface area contributed by atoms with E-state index in [9.17, 15) is 0 Å². The number of hydrogen-bond donors (Lipinski definition) is 0. The summed E-state index contributed by atoms with van der Waals surface area (Å²) in [4.78, 5) is 9.87. The molecule has 0 amide bonds. The fraction of sp³-hybridized carbons (Fsp3) is 0.556. The van der Waals surface area contributed by atoms with Crippen LogP contribution in [0.15, 0.2) is 6.20 Å². The average molecular weight is 216 g/mol. The van der Waals surface area contributed by atoms with Crippen molar-refractivity contribution in [3.8, 4) is 5.88 Å². The lowest BCUT2D eigenvalue weighted by Crippen LogP contribution is -2.20.